The van der Waals surface area contributed by atoms with Crippen LogP contribution >= 0.6 is 7.82 Å². The zero-order valence-corrected chi connectivity index (χ0v) is 37.4. The SMILES string of the molecule is CC/C=C\C/C=C\C/C=C\CCCCCCOCC(COP(=O)(O)OC1C(O)C(O)C(O)C(O)C1O)OC(=O)CCCCCCCCC/C=C\CCCCCCCCC. The van der Waals surface area contributed by atoms with Gasteiger partial charge in [0, 0.05) is 13.0 Å². The van der Waals surface area contributed by atoms with E-state index in [4.69, 9.17) is 18.5 Å². The third-order valence-electron chi connectivity index (χ3n) is 10.4. The van der Waals surface area contributed by atoms with Gasteiger partial charge in [-0.1, -0.05) is 146 Å². The second-order valence-corrected chi connectivity index (χ2v) is 17.3. The molecule has 1 aliphatic carbocycles. The fraction of sp³-hybridized carbons (Fsp3) is 0.804. The molecule has 6 atom stereocenters. The first-order valence-electron chi connectivity index (χ1n) is 23.0. The number of phosphoric acid groups is 1. The second kappa shape index (κ2) is 36.9. The number of hydrogen-bond acceptors (Lipinski definition) is 11. The Labute approximate surface area is 356 Å². The van der Waals surface area contributed by atoms with Crippen LogP contribution in [0.5, 0.6) is 0 Å². The van der Waals surface area contributed by atoms with Gasteiger partial charge >= 0.3 is 13.8 Å². The molecule has 0 radical (unpaired) electrons. The van der Waals surface area contributed by atoms with Crippen molar-refractivity contribution >= 4 is 13.8 Å². The molecule has 12 nitrogen and oxygen atoms in total. The van der Waals surface area contributed by atoms with Crippen LogP contribution in [0.25, 0.3) is 0 Å². The summed E-state index contributed by atoms with van der Waals surface area (Å²) in [6.45, 7) is 4.08. The smallest absolute Gasteiger partial charge is 0.457 e. The third kappa shape index (κ3) is 29.3. The fourth-order valence-corrected chi connectivity index (χ4v) is 7.75. The number of phosphoric ester groups is 1. The third-order valence-corrected chi connectivity index (χ3v) is 11.4. The Morgan fingerprint density at radius 3 is 1.54 bits per heavy atom. The molecule has 0 aliphatic heterocycles. The highest BCUT2D eigenvalue weighted by atomic mass is 31.2. The van der Waals surface area contributed by atoms with Crippen LogP contribution in [0.2, 0.25) is 0 Å². The van der Waals surface area contributed by atoms with Crippen LogP contribution < -0.4 is 0 Å². The van der Waals surface area contributed by atoms with Gasteiger partial charge in [0.15, 0.2) is 0 Å². The average molecular weight is 859 g/mol. The number of hydrogen-bond donors (Lipinski definition) is 6. The molecule has 13 heteroatoms. The Bertz CT molecular complexity index is 1160. The lowest BCUT2D eigenvalue weighted by molar-refractivity contribution is -0.220. The highest BCUT2D eigenvalue weighted by molar-refractivity contribution is 7.47. The largest absolute Gasteiger partial charge is 0.472 e. The number of esters is 1. The predicted molar refractivity (Wildman–Crippen MR) is 235 cm³/mol. The zero-order valence-electron chi connectivity index (χ0n) is 36.5. The number of aliphatic hydroxyl groups is 5. The number of rotatable bonds is 38. The fourth-order valence-electron chi connectivity index (χ4n) is 6.78. The summed E-state index contributed by atoms with van der Waals surface area (Å²) in [6.07, 6.45) is 31.8. The first kappa shape index (κ1) is 55.3. The number of carbonyl (C=O) groups excluding carboxylic acids is 1. The van der Waals surface area contributed by atoms with E-state index in [1.54, 1.807) is 0 Å². The predicted octanol–water partition coefficient (Wildman–Crippen LogP) is 9.25. The van der Waals surface area contributed by atoms with Crippen molar-refractivity contribution in [3.63, 3.8) is 0 Å². The van der Waals surface area contributed by atoms with Gasteiger partial charge in [-0.3, -0.25) is 13.8 Å². The highest BCUT2D eigenvalue weighted by Gasteiger charge is 2.51. The topological polar surface area (TPSA) is 192 Å². The Hall–Kier alpha value is -1.70. The van der Waals surface area contributed by atoms with Crippen molar-refractivity contribution in [3.05, 3.63) is 48.6 Å². The lowest BCUT2D eigenvalue weighted by atomic mass is 9.85. The minimum Gasteiger partial charge on any atom is -0.457 e. The molecule has 0 aromatic rings. The van der Waals surface area contributed by atoms with Crippen LogP contribution in [0.3, 0.4) is 0 Å². The second-order valence-electron chi connectivity index (χ2n) is 15.9. The molecular weight excluding hydrogens is 775 g/mol. The maximum absolute atomic E-state index is 12.8. The molecule has 0 aromatic carbocycles. The number of ether oxygens (including phenoxy) is 2. The summed E-state index contributed by atoms with van der Waals surface area (Å²) >= 11 is 0. The summed E-state index contributed by atoms with van der Waals surface area (Å²) in [6, 6.07) is 0. The molecule has 344 valence electrons. The number of aliphatic hydroxyl groups excluding tert-OH is 5. The molecule has 0 amide bonds. The first-order chi connectivity index (χ1) is 28.5. The lowest BCUT2D eigenvalue weighted by Gasteiger charge is -2.41. The molecule has 6 unspecified atom stereocenters. The van der Waals surface area contributed by atoms with Crippen LogP contribution in [0.15, 0.2) is 48.6 Å². The average Bonchev–Trinajstić information content (AvgIpc) is 3.22. The van der Waals surface area contributed by atoms with Gasteiger partial charge in [0.05, 0.1) is 13.2 Å². The lowest BCUT2D eigenvalue weighted by Crippen LogP contribution is -2.64. The number of unbranched alkanes of at least 4 members (excludes halogenated alkanes) is 18. The molecule has 6 N–H and O–H groups in total. The quantitative estimate of drug-likeness (QED) is 0.0150. The van der Waals surface area contributed by atoms with Gasteiger partial charge in [-0.25, -0.2) is 4.57 Å². The van der Waals surface area contributed by atoms with Gasteiger partial charge in [-0.05, 0) is 70.6 Å². The maximum atomic E-state index is 12.8. The monoisotopic (exact) mass is 859 g/mol. The van der Waals surface area contributed by atoms with Crippen molar-refractivity contribution in [2.45, 2.75) is 217 Å². The molecule has 59 heavy (non-hydrogen) atoms. The standard InChI is InChI=1S/C46H83O12P/c1-3-5-7-9-11-13-15-17-19-20-21-22-23-25-27-29-31-33-35-40(47)57-39(37-55-36-34-32-30-28-26-24-18-16-14-12-10-8-6-4-2)38-56-59(53,54)58-46-44(51)42(49)41(48)43(50)45(46)52/h6,8,12,14,18-20,24,39,41-46,48-52H,3-5,7,9-11,13,15-17,21-23,25-38H2,1-2H3,(H,53,54)/b8-6-,14-12-,20-19-,24-18-. The summed E-state index contributed by atoms with van der Waals surface area (Å²) in [5.41, 5.74) is 0. The van der Waals surface area contributed by atoms with Gasteiger partial charge < -0.3 is 39.9 Å². The Kier molecular flexibility index (Phi) is 34.6. The zero-order chi connectivity index (χ0) is 43.4. The van der Waals surface area contributed by atoms with E-state index in [-0.39, 0.29) is 13.0 Å². The number of allylic oxidation sites excluding steroid dienone is 8. The van der Waals surface area contributed by atoms with Gasteiger partial charge in [-0.15, -0.1) is 0 Å². The van der Waals surface area contributed by atoms with Gasteiger partial charge in [-0.2, -0.15) is 0 Å². The van der Waals surface area contributed by atoms with Gasteiger partial charge in [0.25, 0.3) is 0 Å². The normalized spacial score (nSPS) is 22.9. The Morgan fingerprint density at radius 2 is 1.00 bits per heavy atom. The molecule has 0 saturated heterocycles. The van der Waals surface area contributed by atoms with Crippen molar-refractivity contribution in [1.82, 2.24) is 0 Å². The highest BCUT2D eigenvalue weighted by Crippen LogP contribution is 2.47. The Morgan fingerprint density at radius 1 is 0.559 bits per heavy atom. The summed E-state index contributed by atoms with van der Waals surface area (Å²) < 4.78 is 34.1. The van der Waals surface area contributed by atoms with Crippen LogP contribution in [-0.2, 0) is 27.9 Å². The van der Waals surface area contributed by atoms with Crippen molar-refractivity contribution < 1.29 is 58.3 Å². The van der Waals surface area contributed by atoms with Crippen molar-refractivity contribution in [1.29, 1.82) is 0 Å². The van der Waals surface area contributed by atoms with Crippen LogP contribution in [0.1, 0.15) is 174 Å². The van der Waals surface area contributed by atoms with E-state index in [2.05, 4.69) is 62.5 Å². The summed E-state index contributed by atoms with van der Waals surface area (Å²) in [7, 11) is -5.02. The summed E-state index contributed by atoms with van der Waals surface area (Å²) in [5, 5.41) is 50.1. The summed E-state index contributed by atoms with van der Waals surface area (Å²) in [4.78, 5) is 23.1. The first-order valence-corrected chi connectivity index (χ1v) is 24.5. The van der Waals surface area contributed by atoms with Crippen molar-refractivity contribution in [3.8, 4) is 0 Å². The van der Waals surface area contributed by atoms with Gasteiger partial charge in [0.1, 0.15) is 42.7 Å². The van der Waals surface area contributed by atoms with Crippen molar-refractivity contribution in [2.75, 3.05) is 19.8 Å². The van der Waals surface area contributed by atoms with Gasteiger partial charge in [0.2, 0.25) is 0 Å². The Balaban J connectivity index is 2.41. The molecular formula is C46H83O12P. The van der Waals surface area contributed by atoms with E-state index in [0.29, 0.717) is 13.0 Å². The summed E-state index contributed by atoms with van der Waals surface area (Å²) in [5.74, 6) is -0.491. The van der Waals surface area contributed by atoms with E-state index in [1.165, 1.54) is 64.2 Å². The molecule has 0 heterocycles. The minimum absolute atomic E-state index is 0.0944. The number of carbonyl (C=O) groups is 1. The van der Waals surface area contributed by atoms with Crippen LogP contribution in [-0.4, -0.2) is 98.9 Å². The van der Waals surface area contributed by atoms with E-state index < -0.39 is 63.1 Å². The van der Waals surface area contributed by atoms with Crippen LogP contribution in [0.4, 0.5) is 0 Å². The molecule has 0 aromatic heterocycles. The molecule has 1 aliphatic rings. The minimum atomic E-state index is -5.02. The molecule has 1 fully saturated rings. The molecule has 0 bridgehead atoms. The van der Waals surface area contributed by atoms with Crippen LogP contribution in [0, 0.1) is 0 Å². The molecule has 1 rings (SSSR count). The van der Waals surface area contributed by atoms with E-state index in [9.17, 15) is 39.8 Å². The van der Waals surface area contributed by atoms with E-state index in [1.807, 2.05) is 0 Å². The van der Waals surface area contributed by atoms with Crippen molar-refractivity contribution in [2.24, 2.45) is 0 Å². The molecule has 0 spiro atoms. The maximum Gasteiger partial charge on any atom is 0.472 e. The molecule has 1 saturated carbocycles. The van der Waals surface area contributed by atoms with E-state index >= 15 is 0 Å². The van der Waals surface area contributed by atoms with E-state index in [0.717, 1.165) is 83.5 Å².